The van der Waals surface area contributed by atoms with E-state index in [9.17, 15) is 18.4 Å². The second-order valence-electron chi connectivity index (χ2n) is 5.00. The molecule has 1 amide bonds. The first kappa shape index (κ1) is 16.3. The largest absolute Gasteiger partial charge is 0.478 e. The molecule has 128 valence electrons. The quantitative estimate of drug-likeness (QED) is 0.770. The number of rotatable bonds is 4. The number of aromatic nitrogens is 2. The Bertz CT molecular complexity index is 870. The molecule has 0 saturated heterocycles. The third-order valence-electron chi connectivity index (χ3n) is 3.35. The van der Waals surface area contributed by atoms with Crippen molar-refractivity contribution in [3.63, 3.8) is 0 Å². The molecule has 0 unspecified atom stereocenters. The molecular weight excluding hydrogens is 336 g/mol. The molecule has 0 spiro atoms. The number of hydrogen-bond donors (Lipinski definition) is 3. The Morgan fingerprint density at radius 3 is 2.56 bits per heavy atom. The Hall–Kier alpha value is -3.56. The van der Waals surface area contributed by atoms with Gasteiger partial charge < -0.3 is 20.6 Å². The number of hydrogen-bond acceptors (Lipinski definition) is 6. The monoisotopic (exact) mass is 347 g/mol. The average Bonchev–Trinajstić information content (AvgIpc) is 3.12. The van der Waals surface area contributed by atoms with E-state index in [1.54, 1.807) is 23.4 Å². The molecule has 1 aromatic heterocycles. The molecule has 0 atom stereocenters. The molecular formula is C15H11F2N5O3. The number of nitrogens with one attached hydrogen (secondary N) is 2. The smallest absolute Gasteiger partial charge is 0.337 e. The van der Waals surface area contributed by atoms with Crippen LogP contribution in [0, 0.1) is 11.6 Å². The number of carbonyl (C=O) groups excluding carboxylic acids is 1. The summed E-state index contributed by atoms with van der Waals surface area (Å²) in [5, 5.41) is 21.8. The van der Waals surface area contributed by atoms with Gasteiger partial charge >= 0.3 is 5.97 Å². The van der Waals surface area contributed by atoms with E-state index in [-0.39, 0.29) is 11.4 Å². The Kier molecular flexibility index (Phi) is 4.25. The van der Waals surface area contributed by atoms with Crippen LogP contribution >= 0.6 is 0 Å². The summed E-state index contributed by atoms with van der Waals surface area (Å²) < 4.78 is 26.5. The van der Waals surface area contributed by atoms with Crippen LogP contribution in [0.2, 0.25) is 0 Å². The van der Waals surface area contributed by atoms with Gasteiger partial charge in [0.1, 0.15) is 0 Å². The van der Waals surface area contributed by atoms with Crippen molar-refractivity contribution in [2.24, 2.45) is 0 Å². The van der Waals surface area contributed by atoms with Gasteiger partial charge in [-0.25, -0.2) is 13.6 Å². The van der Waals surface area contributed by atoms with Crippen molar-refractivity contribution in [2.45, 2.75) is 0 Å². The van der Waals surface area contributed by atoms with E-state index in [1.807, 2.05) is 0 Å². The highest BCUT2D eigenvalue weighted by molar-refractivity contribution is 6.06. The van der Waals surface area contributed by atoms with Gasteiger partial charge in [-0.15, -0.1) is 10.2 Å². The molecule has 2 aromatic rings. The predicted molar refractivity (Wildman–Crippen MR) is 82.9 cm³/mol. The van der Waals surface area contributed by atoms with Crippen LogP contribution in [0.5, 0.6) is 0 Å². The lowest BCUT2D eigenvalue weighted by molar-refractivity contribution is 0.0697. The second kappa shape index (κ2) is 6.51. The number of amides is 1. The normalized spacial score (nSPS) is 12.8. The van der Waals surface area contributed by atoms with Gasteiger partial charge in [-0.05, 0) is 18.2 Å². The number of carboxylic acids is 1. The van der Waals surface area contributed by atoms with Gasteiger partial charge in [0.15, 0.2) is 23.1 Å². The Morgan fingerprint density at radius 1 is 1.20 bits per heavy atom. The fourth-order valence-electron chi connectivity index (χ4n) is 2.12. The summed E-state index contributed by atoms with van der Waals surface area (Å²) in [5.74, 6) is -4.43. The molecule has 25 heavy (non-hydrogen) atoms. The lowest BCUT2D eigenvalue weighted by atomic mass is 10.1. The summed E-state index contributed by atoms with van der Waals surface area (Å²) in [7, 11) is 0. The average molecular weight is 347 g/mol. The maximum atomic E-state index is 13.3. The number of carbonyl (C=O) groups is 2. The van der Waals surface area contributed by atoms with Crippen LogP contribution in [-0.2, 0) is 0 Å². The number of carboxylic acid groups (broad SMARTS) is 1. The minimum Gasteiger partial charge on any atom is -0.478 e. The highest BCUT2D eigenvalue weighted by Crippen LogP contribution is 2.21. The van der Waals surface area contributed by atoms with Crippen molar-refractivity contribution in [2.75, 3.05) is 16.9 Å². The molecule has 3 rings (SSSR count). The maximum Gasteiger partial charge on any atom is 0.337 e. The zero-order chi connectivity index (χ0) is 18.0. The van der Waals surface area contributed by atoms with Crippen LogP contribution in [-0.4, -0.2) is 33.8 Å². The first-order valence-corrected chi connectivity index (χ1v) is 7.00. The minimum atomic E-state index is -1.51. The van der Waals surface area contributed by atoms with Gasteiger partial charge in [0.25, 0.3) is 5.91 Å². The lowest BCUT2D eigenvalue weighted by Gasteiger charge is -2.13. The Balaban J connectivity index is 1.81. The number of aromatic carboxylic acids is 1. The molecule has 0 saturated carbocycles. The summed E-state index contributed by atoms with van der Waals surface area (Å²) in [5.41, 5.74) is -1.07. The fraction of sp³-hybridized carbons (Fsp3) is 0.0667. The van der Waals surface area contributed by atoms with Crippen molar-refractivity contribution in [1.82, 2.24) is 15.5 Å². The molecule has 0 aliphatic carbocycles. The first-order valence-electron chi connectivity index (χ1n) is 7.00. The van der Waals surface area contributed by atoms with Crippen molar-refractivity contribution in [3.8, 4) is 0 Å². The Labute approximate surface area is 139 Å². The van der Waals surface area contributed by atoms with Crippen LogP contribution in [0.15, 0.2) is 36.7 Å². The maximum absolute atomic E-state index is 13.3. The van der Waals surface area contributed by atoms with E-state index in [4.69, 9.17) is 5.11 Å². The van der Waals surface area contributed by atoms with Crippen molar-refractivity contribution in [3.05, 3.63) is 59.6 Å². The lowest BCUT2D eigenvalue weighted by Crippen LogP contribution is -2.22. The third kappa shape index (κ3) is 3.37. The standard InChI is InChI=1S/C15H11F2N5O3/c16-9-5-8(15(24)25)12(6-10(9)17)19-14(23)11-1-2-13(21-20-11)22-4-3-18-7-22/h1-6,18H,7H2,(H,19,23)(H,24,25). The summed E-state index contributed by atoms with van der Waals surface area (Å²) in [6, 6.07) is 4.01. The minimum absolute atomic E-state index is 0.110. The molecule has 0 radical (unpaired) electrons. The molecule has 1 aliphatic rings. The van der Waals surface area contributed by atoms with Crippen molar-refractivity contribution in [1.29, 1.82) is 0 Å². The van der Waals surface area contributed by atoms with Crippen LogP contribution in [0.1, 0.15) is 20.8 Å². The third-order valence-corrected chi connectivity index (χ3v) is 3.35. The SMILES string of the molecule is O=C(Nc1cc(F)c(F)cc1C(=O)O)c1ccc(N2C=CNC2)nn1. The fourth-order valence-corrected chi connectivity index (χ4v) is 2.12. The van der Waals surface area contributed by atoms with Gasteiger partial charge in [0.2, 0.25) is 0 Å². The zero-order valence-corrected chi connectivity index (χ0v) is 12.5. The van der Waals surface area contributed by atoms with E-state index in [0.717, 1.165) is 0 Å². The zero-order valence-electron chi connectivity index (χ0n) is 12.5. The van der Waals surface area contributed by atoms with Crippen molar-refractivity contribution >= 4 is 23.4 Å². The van der Waals surface area contributed by atoms with Crippen molar-refractivity contribution < 1.29 is 23.5 Å². The topological polar surface area (TPSA) is 107 Å². The number of halogens is 2. The first-order chi connectivity index (χ1) is 12.0. The summed E-state index contributed by atoms with van der Waals surface area (Å²) in [6.07, 6.45) is 3.46. The van der Waals surface area contributed by atoms with Gasteiger partial charge in [-0.1, -0.05) is 0 Å². The number of anilines is 2. The molecule has 1 aliphatic heterocycles. The van der Waals surface area contributed by atoms with E-state index >= 15 is 0 Å². The molecule has 3 N–H and O–H groups in total. The molecule has 10 heteroatoms. The molecule has 8 nitrogen and oxygen atoms in total. The molecule has 0 bridgehead atoms. The highest BCUT2D eigenvalue weighted by Gasteiger charge is 2.19. The van der Waals surface area contributed by atoms with E-state index < -0.39 is 29.1 Å². The van der Waals surface area contributed by atoms with E-state index in [0.29, 0.717) is 24.6 Å². The second-order valence-corrected chi connectivity index (χ2v) is 5.00. The van der Waals surface area contributed by atoms with Gasteiger partial charge in [0.05, 0.1) is 17.9 Å². The molecule has 2 heterocycles. The number of nitrogens with zero attached hydrogens (tertiary/aromatic N) is 3. The van der Waals surface area contributed by atoms with Gasteiger partial charge in [0, 0.05) is 18.5 Å². The summed E-state index contributed by atoms with van der Waals surface area (Å²) in [4.78, 5) is 25.0. The predicted octanol–water partition coefficient (Wildman–Crippen LogP) is 1.54. The number of benzene rings is 1. The van der Waals surface area contributed by atoms with Crippen LogP contribution in [0.25, 0.3) is 0 Å². The molecule has 1 aromatic carbocycles. The molecule has 0 fully saturated rings. The van der Waals surface area contributed by atoms with Gasteiger partial charge in [-0.3, -0.25) is 4.79 Å². The van der Waals surface area contributed by atoms with Crippen LogP contribution < -0.4 is 15.5 Å². The Morgan fingerprint density at radius 2 is 1.96 bits per heavy atom. The summed E-state index contributed by atoms with van der Waals surface area (Å²) >= 11 is 0. The highest BCUT2D eigenvalue weighted by atomic mass is 19.2. The van der Waals surface area contributed by atoms with Gasteiger partial charge in [-0.2, -0.15) is 0 Å². The summed E-state index contributed by atoms with van der Waals surface area (Å²) in [6.45, 7) is 0.511. The van der Waals surface area contributed by atoms with Crippen LogP contribution in [0.4, 0.5) is 20.3 Å². The van der Waals surface area contributed by atoms with E-state index in [1.165, 1.54) is 6.07 Å². The van der Waals surface area contributed by atoms with Crippen LogP contribution in [0.3, 0.4) is 0 Å². The van der Waals surface area contributed by atoms with E-state index in [2.05, 4.69) is 20.8 Å².